The van der Waals surface area contributed by atoms with Gasteiger partial charge in [-0.1, -0.05) is 6.92 Å². The molecule has 0 fully saturated rings. The molecule has 0 saturated heterocycles. The molecule has 96 valence electrons. The third kappa shape index (κ3) is 2.38. The lowest BCUT2D eigenvalue weighted by molar-refractivity contribution is 0.441. The highest BCUT2D eigenvalue weighted by molar-refractivity contribution is 5.56. The molecule has 6 nitrogen and oxygen atoms in total. The standard InChI is InChI=1S/C12H17N5O/c1-5-10-9(6-7(2)14-15-10)12-17-16-11(18-12)8(3)13-4/h6,8,13H,5H2,1-4H3. The maximum atomic E-state index is 5.67. The molecule has 0 aromatic carbocycles. The zero-order valence-electron chi connectivity index (χ0n) is 11.1. The molecule has 18 heavy (non-hydrogen) atoms. The smallest absolute Gasteiger partial charge is 0.249 e. The Labute approximate surface area is 106 Å². The van der Waals surface area contributed by atoms with Gasteiger partial charge >= 0.3 is 0 Å². The van der Waals surface area contributed by atoms with Gasteiger partial charge in [0.15, 0.2) is 0 Å². The number of aromatic nitrogens is 4. The van der Waals surface area contributed by atoms with Gasteiger partial charge in [-0.05, 0) is 33.4 Å². The lowest BCUT2D eigenvalue weighted by Crippen LogP contribution is -2.12. The molecule has 2 rings (SSSR count). The van der Waals surface area contributed by atoms with Crippen molar-refractivity contribution < 1.29 is 4.42 Å². The molecule has 1 N–H and O–H groups in total. The normalized spacial score (nSPS) is 12.7. The summed E-state index contributed by atoms with van der Waals surface area (Å²) in [7, 11) is 1.85. The van der Waals surface area contributed by atoms with Crippen molar-refractivity contribution in [2.24, 2.45) is 0 Å². The summed E-state index contributed by atoms with van der Waals surface area (Å²) in [4.78, 5) is 0. The molecule has 0 spiro atoms. The Hall–Kier alpha value is -1.82. The molecule has 0 aliphatic heterocycles. The molecule has 0 radical (unpaired) electrons. The Bertz CT molecular complexity index is 537. The second-order valence-corrected chi connectivity index (χ2v) is 4.16. The minimum Gasteiger partial charge on any atom is -0.419 e. The van der Waals surface area contributed by atoms with E-state index >= 15 is 0 Å². The van der Waals surface area contributed by atoms with Gasteiger partial charge in [-0.15, -0.1) is 10.2 Å². The summed E-state index contributed by atoms with van der Waals surface area (Å²) in [6, 6.07) is 1.96. The molecule has 2 aromatic rings. The van der Waals surface area contributed by atoms with E-state index in [9.17, 15) is 0 Å². The van der Waals surface area contributed by atoms with E-state index in [1.807, 2.05) is 33.9 Å². The second-order valence-electron chi connectivity index (χ2n) is 4.16. The van der Waals surface area contributed by atoms with Crippen molar-refractivity contribution in [1.29, 1.82) is 0 Å². The van der Waals surface area contributed by atoms with Gasteiger partial charge in [0, 0.05) is 0 Å². The Morgan fingerprint density at radius 1 is 1.28 bits per heavy atom. The van der Waals surface area contributed by atoms with Crippen LogP contribution in [0.2, 0.25) is 0 Å². The first-order valence-corrected chi connectivity index (χ1v) is 6.00. The number of nitrogens with zero attached hydrogens (tertiary/aromatic N) is 4. The first-order chi connectivity index (χ1) is 8.65. The predicted octanol–water partition coefficient (Wildman–Crippen LogP) is 1.68. The fraction of sp³-hybridized carbons (Fsp3) is 0.500. The molecule has 0 bridgehead atoms. The van der Waals surface area contributed by atoms with Crippen LogP contribution in [-0.4, -0.2) is 27.4 Å². The van der Waals surface area contributed by atoms with E-state index in [0.29, 0.717) is 11.8 Å². The van der Waals surface area contributed by atoms with Crippen molar-refractivity contribution >= 4 is 0 Å². The van der Waals surface area contributed by atoms with E-state index in [1.54, 1.807) is 0 Å². The van der Waals surface area contributed by atoms with Crippen molar-refractivity contribution in [2.75, 3.05) is 7.05 Å². The number of hydrogen-bond donors (Lipinski definition) is 1. The molecule has 0 saturated carbocycles. The van der Waals surface area contributed by atoms with Crippen LogP contribution < -0.4 is 5.32 Å². The van der Waals surface area contributed by atoms with Crippen LogP contribution in [0.15, 0.2) is 10.5 Å². The van der Waals surface area contributed by atoms with Gasteiger partial charge in [0.25, 0.3) is 0 Å². The Kier molecular flexibility index (Phi) is 3.66. The van der Waals surface area contributed by atoms with Crippen LogP contribution >= 0.6 is 0 Å². The van der Waals surface area contributed by atoms with Crippen molar-refractivity contribution in [2.45, 2.75) is 33.2 Å². The van der Waals surface area contributed by atoms with Gasteiger partial charge in [-0.2, -0.15) is 10.2 Å². The highest BCUT2D eigenvalue weighted by atomic mass is 16.4. The molecule has 2 aromatic heterocycles. The third-order valence-corrected chi connectivity index (χ3v) is 2.80. The van der Waals surface area contributed by atoms with Crippen molar-refractivity contribution in [1.82, 2.24) is 25.7 Å². The molecule has 6 heteroatoms. The zero-order valence-corrected chi connectivity index (χ0v) is 11.1. The van der Waals surface area contributed by atoms with Gasteiger partial charge < -0.3 is 9.73 Å². The highest BCUT2D eigenvalue weighted by Gasteiger charge is 2.16. The molecule has 1 atom stereocenters. The topological polar surface area (TPSA) is 76.7 Å². The van der Waals surface area contributed by atoms with E-state index in [4.69, 9.17) is 4.42 Å². The summed E-state index contributed by atoms with van der Waals surface area (Å²) < 4.78 is 5.67. The summed E-state index contributed by atoms with van der Waals surface area (Å²) in [6.45, 7) is 5.88. The summed E-state index contributed by atoms with van der Waals surface area (Å²) in [5.41, 5.74) is 2.57. The van der Waals surface area contributed by atoms with Crippen LogP contribution in [0.25, 0.3) is 11.5 Å². The van der Waals surface area contributed by atoms with Crippen LogP contribution in [0.5, 0.6) is 0 Å². The van der Waals surface area contributed by atoms with Gasteiger partial charge in [-0.25, -0.2) is 0 Å². The van der Waals surface area contributed by atoms with Crippen LogP contribution in [0.3, 0.4) is 0 Å². The zero-order chi connectivity index (χ0) is 13.1. The third-order valence-electron chi connectivity index (χ3n) is 2.80. The van der Waals surface area contributed by atoms with Crippen LogP contribution in [0, 0.1) is 6.92 Å². The fourth-order valence-electron chi connectivity index (χ4n) is 1.60. The first kappa shape index (κ1) is 12.6. The fourth-order valence-corrected chi connectivity index (χ4v) is 1.60. The molecule has 0 amide bonds. The summed E-state index contributed by atoms with van der Waals surface area (Å²) in [6.07, 6.45) is 0.780. The van der Waals surface area contributed by atoms with Gasteiger partial charge in [0.05, 0.1) is 23.0 Å². The highest BCUT2D eigenvalue weighted by Crippen LogP contribution is 2.23. The van der Waals surface area contributed by atoms with Crippen LogP contribution in [0.4, 0.5) is 0 Å². The predicted molar refractivity (Wildman–Crippen MR) is 66.9 cm³/mol. The Balaban J connectivity index is 2.42. The number of rotatable bonds is 4. The molecule has 0 aliphatic rings. The quantitative estimate of drug-likeness (QED) is 0.885. The number of hydrogen-bond acceptors (Lipinski definition) is 6. The molecule has 2 heterocycles. The van der Waals surface area contributed by atoms with Crippen molar-refractivity contribution in [3.8, 4) is 11.5 Å². The average Bonchev–Trinajstić information content (AvgIpc) is 2.87. The van der Waals surface area contributed by atoms with Gasteiger partial charge in [0.1, 0.15) is 0 Å². The minimum absolute atomic E-state index is 0.0345. The maximum absolute atomic E-state index is 5.67. The van der Waals surface area contributed by atoms with Crippen LogP contribution in [-0.2, 0) is 6.42 Å². The van der Waals surface area contributed by atoms with Crippen molar-refractivity contribution in [3.05, 3.63) is 23.3 Å². The monoisotopic (exact) mass is 247 g/mol. The molecule has 1 unspecified atom stereocenters. The van der Waals surface area contributed by atoms with Gasteiger partial charge in [-0.3, -0.25) is 0 Å². The molecular weight excluding hydrogens is 230 g/mol. The second kappa shape index (κ2) is 5.22. The lowest BCUT2D eigenvalue weighted by Gasteiger charge is -2.04. The van der Waals surface area contributed by atoms with Crippen LogP contribution in [0.1, 0.15) is 37.2 Å². The SMILES string of the molecule is CCc1nnc(C)cc1-c1nnc(C(C)NC)o1. The molecule has 0 aliphatic carbocycles. The van der Waals surface area contributed by atoms with E-state index in [1.165, 1.54) is 0 Å². The molecular formula is C12H17N5O. The first-order valence-electron chi connectivity index (χ1n) is 6.00. The van der Waals surface area contributed by atoms with E-state index in [-0.39, 0.29) is 6.04 Å². The summed E-state index contributed by atoms with van der Waals surface area (Å²) >= 11 is 0. The average molecular weight is 247 g/mol. The summed E-state index contributed by atoms with van der Waals surface area (Å²) in [5, 5.41) is 19.4. The van der Waals surface area contributed by atoms with Crippen molar-refractivity contribution in [3.63, 3.8) is 0 Å². The van der Waals surface area contributed by atoms with Gasteiger partial charge in [0.2, 0.25) is 11.8 Å². The lowest BCUT2D eigenvalue weighted by atomic mass is 10.1. The Morgan fingerprint density at radius 2 is 2.06 bits per heavy atom. The Morgan fingerprint density at radius 3 is 2.72 bits per heavy atom. The van der Waals surface area contributed by atoms with E-state index in [2.05, 4.69) is 25.7 Å². The largest absolute Gasteiger partial charge is 0.419 e. The number of aryl methyl sites for hydroxylation is 2. The number of nitrogens with one attached hydrogen (secondary N) is 1. The van der Waals surface area contributed by atoms with E-state index in [0.717, 1.165) is 23.4 Å². The maximum Gasteiger partial charge on any atom is 0.249 e. The summed E-state index contributed by atoms with van der Waals surface area (Å²) in [5.74, 6) is 1.07. The minimum atomic E-state index is 0.0345. The van der Waals surface area contributed by atoms with E-state index < -0.39 is 0 Å².